The van der Waals surface area contributed by atoms with Gasteiger partial charge in [0.1, 0.15) is 5.82 Å². The van der Waals surface area contributed by atoms with Crippen LogP contribution in [0.15, 0.2) is 48.7 Å². The topological polar surface area (TPSA) is 38.7 Å². The van der Waals surface area contributed by atoms with Gasteiger partial charge < -0.3 is 0 Å². The molecule has 0 N–H and O–H groups in total. The Morgan fingerprint density at radius 1 is 0.875 bits per heavy atom. The molecular weight excluding hydrogens is 294 g/mol. The molecule has 2 aromatic rings. The van der Waals surface area contributed by atoms with E-state index in [1.165, 1.54) is 16.7 Å². The highest BCUT2D eigenvalue weighted by molar-refractivity contribution is 5.74. The van der Waals surface area contributed by atoms with E-state index in [1.54, 1.807) is 0 Å². The lowest BCUT2D eigenvalue weighted by molar-refractivity contribution is 1.03. The van der Waals surface area contributed by atoms with Crippen LogP contribution in [-0.2, 0) is 12.8 Å². The molecular formula is C21H19N3. The first-order chi connectivity index (χ1) is 11.8. The van der Waals surface area contributed by atoms with Gasteiger partial charge in [-0.3, -0.25) is 0 Å². The Morgan fingerprint density at radius 3 is 2.50 bits per heavy atom. The third-order valence-electron chi connectivity index (χ3n) is 4.36. The first-order valence-electron chi connectivity index (χ1n) is 8.33. The lowest BCUT2D eigenvalue weighted by atomic mass is 9.91. The lowest BCUT2D eigenvalue weighted by Gasteiger charge is -2.18. The highest BCUT2D eigenvalue weighted by Gasteiger charge is 2.19. The van der Waals surface area contributed by atoms with E-state index in [0.717, 1.165) is 42.2 Å². The summed E-state index contributed by atoms with van der Waals surface area (Å²) in [7, 11) is 0. The molecule has 2 aliphatic rings. The van der Waals surface area contributed by atoms with Crippen LogP contribution in [0.3, 0.4) is 0 Å². The third-order valence-corrected chi connectivity index (χ3v) is 4.36. The van der Waals surface area contributed by atoms with E-state index in [0.29, 0.717) is 0 Å². The monoisotopic (exact) mass is 313 g/mol. The minimum atomic E-state index is 0.773. The van der Waals surface area contributed by atoms with E-state index >= 15 is 0 Å². The van der Waals surface area contributed by atoms with Gasteiger partial charge in [-0.25, -0.2) is 15.0 Å². The summed E-state index contributed by atoms with van der Waals surface area (Å²) in [5, 5.41) is 0. The standard InChI is InChI=1S/C21H19N3/c1-15-22-14-13-20(23-15)21-18-11-6-3-2-5-9-16(18)17-10-7-4-8-12-19(17)24-21/h2-3,5-8,10,12-14H,4,9,11H2,1H3/b5-2-,6-3-. The Morgan fingerprint density at radius 2 is 1.67 bits per heavy atom. The normalized spacial score (nSPS) is 18.0. The number of aryl methyl sites for hydroxylation is 1. The first-order valence-corrected chi connectivity index (χ1v) is 8.33. The van der Waals surface area contributed by atoms with Gasteiger partial charge in [0.2, 0.25) is 0 Å². The molecule has 3 nitrogen and oxygen atoms in total. The molecule has 24 heavy (non-hydrogen) atoms. The number of hydrogen-bond acceptors (Lipinski definition) is 3. The second kappa shape index (κ2) is 6.36. The van der Waals surface area contributed by atoms with Crippen LogP contribution in [0.4, 0.5) is 0 Å². The molecule has 118 valence electrons. The van der Waals surface area contributed by atoms with Crippen molar-refractivity contribution in [3.63, 3.8) is 0 Å². The maximum Gasteiger partial charge on any atom is 0.125 e. The van der Waals surface area contributed by atoms with Crippen molar-refractivity contribution in [1.82, 2.24) is 15.0 Å². The van der Waals surface area contributed by atoms with Crippen molar-refractivity contribution >= 4 is 12.2 Å². The average molecular weight is 313 g/mol. The van der Waals surface area contributed by atoms with Crippen LogP contribution < -0.4 is 0 Å². The smallest absolute Gasteiger partial charge is 0.125 e. The van der Waals surface area contributed by atoms with Crippen molar-refractivity contribution in [3.05, 3.63) is 76.9 Å². The molecule has 0 saturated heterocycles. The second-order valence-electron chi connectivity index (χ2n) is 6.01. The number of nitrogens with zero attached hydrogens (tertiary/aromatic N) is 3. The Kier molecular flexibility index (Phi) is 3.91. The number of pyridine rings is 1. The van der Waals surface area contributed by atoms with Gasteiger partial charge in [0.25, 0.3) is 0 Å². The van der Waals surface area contributed by atoms with E-state index in [4.69, 9.17) is 4.98 Å². The molecule has 0 spiro atoms. The molecule has 0 atom stereocenters. The maximum absolute atomic E-state index is 4.98. The zero-order valence-electron chi connectivity index (χ0n) is 13.7. The highest BCUT2D eigenvalue weighted by Crippen LogP contribution is 2.32. The van der Waals surface area contributed by atoms with Crippen molar-refractivity contribution < 1.29 is 0 Å². The molecule has 0 aromatic carbocycles. The Hall–Kier alpha value is -2.81. The predicted molar refractivity (Wildman–Crippen MR) is 98.4 cm³/mol. The van der Waals surface area contributed by atoms with Gasteiger partial charge in [-0.15, -0.1) is 0 Å². The molecule has 0 bridgehead atoms. The molecule has 2 aliphatic carbocycles. The zero-order valence-corrected chi connectivity index (χ0v) is 13.7. The molecule has 0 amide bonds. The van der Waals surface area contributed by atoms with E-state index < -0.39 is 0 Å². The number of hydrogen-bond donors (Lipinski definition) is 0. The quantitative estimate of drug-likeness (QED) is 0.778. The van der Waals surface area contributed by atoms with Crippen LogP contribution in [0.2, 0.25) is 0 Å². The fourth-order valence-corrected chi connectivity index (χ4v) is 3.25. The van der Waals surface area contributed by atoms with Crippen LogP contribution in [-0.4, -0.2) is 15.0 Å². The van der Waals surface area contributed by atoms with E-state index in [1.807, 2.05) is 19.2 Å². The molecule has 4 rings (SSSR count). The van der Waals surface area contributed by atoms with Crippen LogP contribution in [0.5, 0.6) is 0 Å². The Labute approximate surface area is 142 Å². The number of fused-ring (bicyclic) bond motifs is 3. The van der Waals surface area contributed by atoms with Crippen LogP contribution in [0.25, 0.3) is 23.5 Å². The van der Waals surface area contributed by atoms with Gasteiger partial charge in [-0.05, 0) is 49.5 Å². The minimum absolute atomic E-state index is 0.773. The van der Waals surface area contributed by atoms with Gasteiger partial charge in [0.15, 0.2) is 0 Å². The minimum Gasteiger partial charge on any atom is -0.246 e. The summed E-state index contributed by atoms with van der Waals surface area (Å²) in [4.78, 5) is 13.8. The average Bonchev–Trinajstić information content (AvgIpc) is 2.79. The number of rotatable bonds is 1. The Bertz CT molecular complexity index is 902. The van der Waals surface area contributed by atoms with Gasteiger partial charge in [0.05, 0.1) is 17.1 Å². The maximum atomic E-state index is 4.98. The van der Waals surface area contributed by atoms with Crippen LogP contribution >= 0.6 is 0 Å². The highest BCUT2D eigenvalue weighted by atomic mass is 14.9. The molecule has 0 aliphatic heterocycles. The lowest BCUT2D eigenvalue weighted by Crippen LogP contribution is -2.07. The van der Waals surface area contributed by atoms with E-state index in [2.05, 4.69) is 58.6 Å². The molecule has 3 heteroatoms. The summed E-state index contributed by atoms with van der Waals surface area (Å²) in [6.07, 6.45) is 21.9. The van der Waals surface area contributed by atoms with E-state index in [9.17, 15) is 0 Å². The Balaban J connectivity index is 2.02. The molecule has 2 aromatic heterocycles. The molecule has 2 heterocycles. The summed E-state index contributed by atoms with van der Waals surface area (Å²) >= 11 is 0. The molecule has 0 saturated carbocycles. The molecule has 0 radical (unpaired) electrons. The van der Waals surface area contributed by atoms with Crippen molar-refractivity contribution in [2.75, 3.05) is 0 Å². The summed E-state index contributed by atoms with van der Waals surface area (Å²) in [6, 6.07) is 1.95. The summed E-state index contributed by atoms with van der Waals surface area (Å²) in [6.45, 7) is 1.92. The van der Waals surface area contributed by atoms with Crippen molar-refractivity contribution in [2.45, 2.75) is 26.2 Å². The first kappa shape index (κ1) is 14.8. The third kappa shape index (κ3) is 2.73. The molecule has 0 unspecified atom stereocenters. The molecule has 0 fully saturated rings. The van der Waals surface area contributed by atoms with Crippen molar-refractivity contribution in [3.8, 4) is 11.4 Å². The fourth-order valence-electron chi connectivity index (χ4n) is 3.25. The fraction of sp³-hybridized carbons (Fsp3) is 0.190. The largest absolute Gasteiger partial charge is 0.246 e. The number of allylic oxidation sites excluding steroid dienone is 6. The summed E-state index contributed by atoms with van der Waals surface area (Å²) < 4.78 is 0. The van der Waals surface area contributed by atoms with Crippen LogP contribution in [0.1, 0.15) is 34.6 Å². The van der Waals surface area contributed by atoms with E-state index in [-0.39, 0.29) is 0 Å². The SMILES string of the molecule is Cc1nccc(-c2nc3c(c4c2C/C=C\C=C/C4)C=CCC=C3)n1. The van der Waals surface area contributed by atoms with Gasteiger partial charge in [-0.2, -0.15) is 0 Å². The van der Waals surface area contributed by atoms with Crippen molar-refractivity contribution in [2.24, 2.45) is 0 Å². The summed E-state index contributed by atoms with van der Waals surface area (Å²) in [5.41, 5.74) is 6.79. The van der Waals surface area contributed by atoms with Gasteiger partial charge in [0, 0.05) is 11.8 Å². The van der Waals surface area contributed by atoms with Crippen molar-refractivity contribution in [1.29, 1.82) is 0 Å². The number of aromatic nitrogens is 3. The van der Waals surface area contributed by atoms with Crippen LogP contribution in [0, 0.1) is 6.92 Å². The second-order valence-corrected chi connectivity index (χ2v) is 6.01. The summed E-state index contributed by atoms with van der Waals surface area (Å²) in [5.74, 6) is 0.773. The predicted octanol–water partition coefficient (Wildman–Crippen LogP) is 4.49. The van der Waals surface area contributed by atoms with Gasteiger partial charge in [-0.1, -0.05) is 42.5 Å². The van der Waals surface area contributed by atoms with Gasteiger partial charge >= 0.3 is 0 Å². The zero-order chi connectivity index (χ0) is 16.4.